The molecule has 1 saturated heterocycles. The molecular weight excluding hydrogens is 376 g/mol. The number of anilines is 1. The first-order valence-electron chi connectivity index (χ1n) is 8.80. The quantitative estimate of drug-likeness (QED) is 0.500. The summed E-state index contributed by atoms with van der Waals surface area (Å²) in [5, 5.41) is 20.5. The second-order valence-electron chi connectivity index (χ2n) is 6.93. The molecule has 1 aliphatic rings. The first kappa shape index (κ1) is 20.0. The van der Waals surface area contributed by atoms with Gasteiger partial charge in [0.1, 0.15) is 10.8 Å². The molecule has 11 heteroatoms. The maximum atomic E-state index is 12.4. The van der Waals surface area contributed by atoms with Crippen LogP contribution in [0.3, 0.4) is 0 Å². The normalized spacial score (nSPS) is 25.3. The molecule has 0 saturated carbocycles. The zero-order chi connectivity index (χ0) is 19.9. The Balaban J connectivity index is 1.91. The Bertz CT molecular complexity index is 922. The summed E-state index contributed by atoms with van der Waals surface area (Å²) in [5.41, 5.74) is 5.15. The lowest BCUT2D eigenvalue weighted by atomic mass is 10.1. The third kappa shape index (κ3) is 3.78. The highest BCUT2D eigenvalue weighted by molar-refractivity contribution is 7.16. The zero-order valence-corrected chi connectivity index (χ0v) is 16.1. The van der Waals surface area contributed by atoms with Crippen LogP contribution in [0.1, 0.15) is 39.8 Å². The van der Waals surface area contributed by atoms with E-state index in [-0.39, 0.29) is 28.6 Å². The number of nitrogens with zero attached hydrogens (tertiary/aromatic N) is 2. The van der Waals surface area contributed by atoms with E-state index in [9.17, 15) is 19.8 Å². The monoisotopic (exact) mass is 400 g/mol. The van der Waals surface area contributed by atoms with E-state index in [2.05, 4.69) is 9.97 Å². The fraction of sp³-hybridized carbons (Fsp3) is 0.688. The van der Waals surface area contributed by atoms with Crippen LogP contribution in [0, 0.1) is 5.92 Å². The van der Waals surface area contributed by atoms with Crippen LogP contribution in [-0.4, -0.2) is 49.4 Å². The van der Waals surface area contributed by atoms with E-state index in [4.69, 9.17) is 15.2 Å². The molecule has 0 amide bonds. The van der Waals surface area contributed by atoms with Gasteiger partial charge in [0.05, 0.1) is 12.2 Å². The van der Waals surface area contributed by atoms with Crippen LogP contribution < -0.4 is 16.2 Å². The van der Waals surface area contributed by atoms with Gasteiger partial charge in [-0.2, -0.15) is 4.98 Å². The minimum Gasteiger partial charge on any atom is -0.388 e. The van der Waals surface area contributed by atoms with Crippen molar-refractivity contribution in [2.75, 3.05) is 5.73 Å². The van der Waals surface area contributed by atoms with E-state index in [0.717, 1.165) is 4.57 Å². The van der Waals surface area contributed by atoms with E-state index in [1.807, 2.05) is 20.8 Å². The number of hydrogen-bond donors (Lipinski definition) is 4. The number of rotatable bonds is 6. The highest BCUT2D eigenvalue weighted by atomic mass is 32.1. The Kier molecular flexibility index (Phi) is 5.68. The molecule has 3 heterocycles. The summed E-state index contributed by atoms with van der Waals surface area (Å²) in [7, 11) is 0. The zero-order valence-electron chi connectivity index (χ0n) is 15.3. The molecule has 1 unspecified atom stereocenters. The van der Waals surface area contributed by atoms with Crippen LogP contribution in [0.25, 0.3) is 10.3 Å². The van der Waals surface area contributed by atoms with E-state index >= 15 is 0 Å². The first-order chi connectivity index (χ1) is 12.7. The SMILES string of the molecule is CC[C@H](OC(O)C(C)C)[C@@H]1C[C@@H](O)[C@H](n2c(=O)sc3c(=O)[nH]c(N)nc32)O1. The summed E-state index contributed by atoms with van der Waals surface area (Å²) in [5.74, 6) is -0.221. The van der Waals surface area contributed by atoms with E-state index in [0.29, 0.717) is 17.8 Å². The topological polar surface area (TPSA) is 153 Å². The molecule has 27 heavy (non-hydrogen) atoms. The van der Waals surface area contributed by atoms with Gasteiger partial charge in [-0.05, 0) is 6.42 Å². The van der Waals surface area contributed by atoms with Crippen molar-refractivity contribution in [2.24, 2.45) is 5.92 Å². The molecule has 150 valence electrons. The summed E-state index contributed by atoms with van der Waals surface area (Å²) < 4.78 is 12.8. The largest absolute Gasteiger partial charge is 0.388 e. The number of nitrogens with two attached hydrogens (primary N) is 1. The lowest BCUT2D eigenvalue weighted by Crippen LogP contribution is -2.35. The number of ether oxygens (including phenoxy) is 2. The van der Waals surface area contributed by atoms with Gasteiger partial charge in [-0.1, -0.05) is 32.1 Å². The number of fused-ring (bicyclic) bond motifs is 1. The van der Waals surface area contributed by atoms with Crippen LogP contribution in [-0.2, 0) is 9.47 Å². The van der Waals surface area contributed by atoms with E-state index < -0.39 is 41.3 Å². The second kappa shape index (κ2) is 7.68. The van der Waals surface area contributed by atoms with Crippen molar-refractivity contribution in [1.29, 1.82) is 0 Å². The molecule has 1 fully saturated rings. The van der Waals surface area contributed by atoms with Crippen molar-refractivity contribution in [1.82, 2.24) is 14.5 Å². The van der Waals surface area contributed by atoms with E-state index in [1.165, 1.54) is 0 Å². The first-order valence-corrected chi connectivity index (χ1v) is 9.62. The maximum Gasteiger partial charge on any atom is 0.311 e. The fourth-order valence-corrected chi connectivity index (χ4v) is 3.95. The lowest BCUT2D eigenvalue weighted by molar-refractivity contribution is -0.193. The van der Waals surface area contributed by atoms with Gasteiger partial charge in [-0.25, -0.2) is 0 Å². The predicted octanol–water partition coefficient (Wildman–Crippen LogP) is 0.147. The minimum atomic E-state index is -1.02. The molecule has 5 N–H and O–H groups in total. The van der Waals surface area contributed by atoms with Gasteiger partial charge in [-0.3, -0.25) is 19.1 Å². The third-order valence-corrected chi connectivity index (χ3v) is 5.51. The van der Waals surface area contributed by atoms with Gasteiger partial charge < -0.3 is 25.4 Å². The second-order valence-corrected chi connectivity index (χ2v) is 7.89. The number of H-pyrrole nitrogens is 1. The standard InChI is InChI=1S/C16H24N4O6S/c1-4-8(26-14(23)6(2)3)9-5-7(21)13(25-9)20-11-10(27-16(20)24)12(22)19-15(17)18-11/h6-9,13-14,21,23H,4-5H2,1-3H3,(H3,17,18,19,22)/t7-,8+,9+,13-,14?/m1/s1. The van der Waals surface area contributed by atoms with Crippen LogP contribution >= 0.6 is 11.3 Å². The number of thiazole rings is 1. The van der Waals surface area contributed by atoms with Crippen LogP contribution in [0.5, 0.6) is 0 Å². The Hall–Kier alpha value is -1.79. The van der Waals surface area contributed by atoms with Gasteiger partial charge in [0.15, 0.2) is 18.2 Å². The summed E-state index contributed by atoms with van der Waals surface area (Å²) in [4.78, 5) is 30.3. The molecule has 10 nitrogen and oxygen atoms in total. The van der Waals surface area contributed by atoms with Crippen molar-refractivity contribution >= 4 is 27.6 Å². The number of aliphatic hydroxyl groups excluding tert-OH is 2. The van der Waals surface area contributed by atoms with Crippen molar-refractivity contribution in [3.8, 4) is 0 Å². The summed E-state index contributed by atoms with van der Waals surface area (Å²) in [6.45, 7) is 5.54. The third-order valence-electron chi connectivity index (χ3n) is 4.56. The fourth-order valence-electron chi connectivity index (χ4n) is 3.11. The number of nitrogen functional groups attached to an aromatic ring is 1. The number of hydrogen-bond acceptors (Lipinski definition) is 9. The van der Waals surface area contributed by atoms with Gasteiger partial charge in [-0.15, -0.1) is 0 Å². The van der Waals surface area contributed by atoms with Crippen LogP contribution in [0.2, 0.25) is 0 Å². The average Bonchev–Trinajstić information content (AvgIpc) is 3.11. The Morgan fingerprint density at radius 3 is 2.81 bits per heavy atom. The number of aliphatic hydroxyl groups is 2. The summed E-state index contributed by atoms with van der Waals surface area (Å²) in [6, 6.07) is 0. The van der Waals surface area contributed by atoms with Crippen molar-refractivity contribution in [2.45, 2.75) is 64.4 Å². The van der Waals surface area contributed by atoms with Crippen LogP contribution in [0.15, 0.2) is 9.59 Å². The summed E-state index contributed by atoms with van der Waals surface area (Å²) in [6.07, 6.45) is -3.18. The van der Waals surface area contributed by atoms with Crippen molar-refractivity contribution in [3.05, 3.63) is 20.0 Å². The number of aromatic amines is 1. The Morgan fingerprint density at radius 1 is 1.48 bits per heavy atom. The summed E-state index contributed by atoms with van der Waals surface area (Å²) >= 11 is 0.716. The smallest absolute Gasteiger partial charge is 0.311 e. The van der Waals surface area contributed by atoms with Gasteiger partial charge in [0, 0.05) is 12.3 Å². The van der Waals surface area contributed by atoms with Crippen LogP contribution in [0.4, 0.5) is 5.95 Å². The Morgan fingerprint density at radius 2 is 2.19 bits per heavy atom. The lowest BCUT2D eigenvalue weighted by Gasteiger charge is -2.27. The molecule has 1 aliphatic heterocycles. The molecular formula is C16H24N4O6S. The molecule has 0 radical (unpaired) electrons. The van der Waals surface area contributed by atoms with Crippen molar-refractivity contribution in [3.63, 3.8) is 0 Å². The molecule has 2 aromatic rings. The molecule has 5 atom stereocenters. The maximum absolute atomic E-state index is 12.4. The van der Waals surface area contributed by atoms with Crippen molar-refractivity contribution < 1.29 is 19.7 Å². The molecule has 0 bridgehead atoms. The average molecular weight is 400 g/mol. The van der Waals surface area contributed by atoms with E-state index in [1.54, 1.807) is 0 Å². The Labute approximate surface area is 158 Å². The van der Waals surface area contributed by atoms with Gasteiger partial charge in [0.25, 0.3) is 5.56 Å². The number of aromatic nitrogens is 3. The molecule has 0 spiro atoms. The van der Waals surface area contributed by atoms with Gasteiger partial charge in [0.2, 0.25) is 5.95 Å². The molecule has 3 rings (SSSR count). The highest BCUT2D eigenvalue weighted by Crippen LogP contribution is 2.34. The predicted molar refractivity (Wildman–Crippen MR) is 99.5 cm³/mol. The number of nitrogens with one attached hydrogen (secondary N) is 1. The highest BCUT2D eigenvalue weighted by Gasteiger charge is 2.41. The minimum absolute atomic E-state index is 0.0760. The molecule has 0 aliphatic carbocycles. The van der Waals surface area contributed by atoms with Gasteiger partial charge >= 0.3 is 4.87 Å². The molecule has 2 aromatic heterocycles. The molecule has 0 aromatic carbocycles.